The van der Waals surface area contributed by atoms with Gasteiger partial charge in [0, 0.05) is 16.7 Å². The van der Waals surface area contributed by atoms with E-state index in [0.29, 0.717) is 10.6 Å². The van der Waals surface area contributed by atoms with Crippen LogP contribution in [0.5, 0.6) is 5.75 Å². The number of ether oxygens (including phenoxy) is 1. The molecule has 0 aliphatic heterocycles. The van der Waals surface area contributed by atoms with E-state index in [9.17, 15) is 13.6 Å². The molecule has 0 radical (unpaired) electrons. The lowest BCUT2D eigenvalue weighted by Gasteiger charge is -2.09. The number of carboxylic acids is 1. The Bertz CT molecular complexity index is 647. The summed E-state index contributed by atoms with van der Waals surface area (Å²) in [5, 5.41) is 8.97. The SMILES string of the molecule is O=C(O)c1ccc(F)cc1OCCSc1ccccc1F. The van der Waals surface area contributed by atoms with Gasteiger partial charge in [-0.3, -0.25) is 0 Å². The zero-order valence-corrected chi connectivity index (χ0v) is 11.7. The Labute approximate surface area is 124 Å². The van der Waals surface area contributed by atoms with E-state index in [1.807, 2.05) is 0 Å². The second kappa shape index (κ2) is 7.08. The lowest BCUT2D eigenvalue weighted by atomic mass is 10.2. The number of halogens is 2. The molecule has 110 valence electrons. The van der Waals surface area contributed by atoms with Gasteiger partial charge in [0.25, 0.3) is 0 Å². The first-order valence-electron chi connectivity index (χ1n) is 6.11. The van der Waals surface area contributed by atoms with Crippen LogP contribution in [0.2, 0.25) is 0 Å². The molecule has 0 bridgehead atoms. The molecule has 6 heteroatoms. The number of hydrogen-bond donors (Lipinski definition) is 1. The summed E-state index contributed by atoms with van der Waals surface area (Å²) in [5.74, 6) is -1.70. The molecule has 2 aromatic rings. The predicted octanol–water partition coefficient (Wildman–Crippen LogP) is 3.83. The van der Waals surface area contributed by atoms with Crippen molar-refractivity contribution in [2.75, 3.05) is 12.4 Å². The van der Waals surface area contributed by atoms with Crippen LogP contribution < -0.4 is 4.74 Å². The van der Waals surface area contributed by atoms with Crippen LogP contribution in [0.4, 0.5) is 8.78 Å². The van der Waals surface area contributed by atoms with Gasteiger partial charge in [0.05, 0.1) is 6.61 Å². The zero-order chi connectivity index (χ0) is 15.2. The van der Waals surface area contributed by atoms with Gasteiger partial charge < -0.3 is 9.84 Å². The summed E-state index contributed by atoms with van der Waals surface area (Å²) in [5.41, 5.74) is -0.104. The van der Waals surface area contributed by atoms with Crippen molar-refractivity contribution in [3.05, 3.63) is 59.7 Å². The normalized spacial score (nSPS) is 10.4. The van der Waals surface area contributed by atoms with Gasteiger partial charge in [-0.05, 0) is 24.3 Å². The number of carboxylic acid groups (broad SMARTS) is 1. The van der Waals surface area contributed by atoms with E-state index in [2.05, 4.69) is 0 Å². The first kappa shape index (κ1) is 15.3. The Morgan fingerprint density at radius 2 is 1.95 bits per heavy atom. The standard InChI is InChI=1S/C15H12F2O3S/c16-10-5-6-11(15(18)19)13(9-10)20-7-8-21-14-4-2-1-3-12(14)17/h1-6,9H,7-8H2,(H,18,19). The molecule has 0 heterocycles. The average Bonchev–Trinajstić information content (AvgIpc) is 2.45. The van der Waals surface area contributed by atoms with Crippen molar-refractivity contribution in [2.24, 2.45) is 0 Å². The topological polar surface area (TPSA) is 46.5 Å². The van der Waals surface area contributed by atoms with Crippen molar-refractivity contribution >= 4 is 17.7 Å². The van der Waals surface area contributed by atoms with Crippen molar-refractivity contribution in [3.63, 3.8) is 0 Å². The molecule has 0 spiro atoms. The molecular weight excluding hydrogens is 298 g/mol. The van der Waals surface area contributed by atoms with Gasteiger partial charge in [-0.15, -0.1) is 11.8 Å². The van der Waals surface area contributed by atoms with Crippen LogP contribution in [0.25, 0.3) is 0 Å². The Balaban J connectivity index is 1.93. The molecule has 0 aliphatic rings. The number of rotatable bonds is 6. The van der Waals surface area contributed by atoms with Crippen LogP contribution in [-0.2, 0) is 0 Å². The highest BCUT2D eigenvalue weighted by atomic mass is 32.2. The van der Waals surface area contributed by atoms with E-state index in [1.165, 1.54) is 17.8 Å². The third-order valence-electron chi connectivity index (χ3n) is 2.61. The maximum atomic E-state index is 13.4. The number of hydrogen-bond acceptors (Lipinski definition) is 3. The van der Waals surface area contributed by atoms with Crippen LogP contribution in [0.3, 0.4) is 0 Å². The summed E-state index contributed by atoms with van der Waals surface area (Å²) in [6.45, 7) is 0.142. The Morgan fingerprint density at radius 1 is 1.19 bits per heavy atom. The van der Waals surface area contributed by atoms with Gasteiger partial charge in [0.2, 0.25) is 0 Å². The summed E-state index contributed by atoms with van der Waals surface area (Å²) < 4.78 is 31.8. The fourth-order valence-electron chi connectivity index (χ4n) is 1.66. The van der Waals surface area contributed by atoms with Crippen LogP contribution in [0.1, 0.15) is 10.4 Å². The molecule has 2 rings (SSSR count). The molecule has 2 aromatic carbocycles. The highest BCUT2D eigenvalue weighted by Gasteiger charge is 2.12. The molecule has 0 atom stereocenters. The number of carbonyl (C=O) groups is 1. The molecular formula is C15H12F2O3S. The van der Waals surface area contributed by atoms with Gasteiger partial charge >= 0.3 is 5.97 Å². The van der Waals surface area contributed by atoms with Crippen LogP contribution in [0.15, 0.2) is 47.4 Å². The highest BCUT2D eigenvalue weighted by Crippen LogP contribution is 2.23. The summed E-state index contributed by atoms with van der Waals surface area (Å²) >= 11 is 1.24. The number of benzene rings is 2. The first-order chi connectivity index (χ1) is 10.1. The third kappa shape index (κ3) is 4.19. The maximum absolute atomic E-state index is 13.4. The maximum Gasteiger partial charge on any atom is 0.339 e. The van der Waals surface area contributed by atoms with E-state index in [-0.39, 0.29) is 23.7 Å². The summed E-state index contributed by atoms with van der Waals surface area (Å²) in [6.07, 6.45) is 0. The molecule has 0 amide bonds. The predicted molar refractivity (Wildman–Crippen MR) is 76.0 cm³/mol. The van der Waals surface area contributed by atoms with Crippen molar-refractivity contribution in [1.29, 1.82) is 0 Å². The lowest BCUT2D eigenvalue weighted by Crippen LogP contribution is -2.06. The van der Waals surface area contributed by atoms with E-state index >= 15 is 0 Å². The minimum Gasteiger partial charge on any atom is -0.492 e. The van der Waals surface area contributed by atoms with E-state index in [1.54, 1.807) is 18.2 Å². The lowest BCUT2D eigenvalue weighted by molar-refractivity contribution is 0.0692. The number of thioether (sulfide) groups is 1. The summed E-state index contributed by atoms with van der Waals surface area (Å²) in [6, 6.07) is 9.56. The molecule has 0 saturated heterocycles. The van der Waals surface area contributed by atoms with Gasteiger partial charge in [0.15, 0.2) is 0 Å². The van der Waals surface area contributed by atoms with Crippen molar-refractivity contribution in [1.82, 2.24) is 0 Å². The van der Waals surface area contributed by atoms with Gasteiger partial charge in [-0.25, -0.2) is 13.6 Å². The van der Waals surface area contributed by atoms with Crippen molar-refractivity contribution in [3.8, 4) is 5.75 Å². The molecule has 0 saturated carbocycles. The average molecular weight is 310 g/mol. The zero-order valence-electron chi connectivity index (χ0n) is 10.9. The van der Waals surface area contributed by atoms with Gasteiger partial charge in [-0.1, -0.05) is 12.1 Å². The van der Waals surface area contributed by atoms with Crippen molar-refractivity contribution < 1.29 is 23.4 Å². The van der Waals surface area contributed by atoms with Crippen LogP contribution in [0, 0.1) is 11.6 Å². The van der Waals surface area contributed by atoms with Crippen molar-refractivity contribution in [2.45, 2.75) is 4.90 Å². The van der Waals surface area contributed by atoms with Crippen LogP contribution >= 0.6 is 11.8 Å². The fraction of sp³-hybridized carbons (Fsp3) is 0.133. The first-order valence-corrected chi connectivity index (χ1v) is 7.09. The molecule has 1 N–H and O–H groups in total. The van der Waals surface area contributed by atoms with E-state index in [0.717, 1.165) is 18.2 Å². The quantitative estimate of drug-likeness (QED) is 0.650. The summed E-state index contributed by atoms with van der Waals surface area (Å²) in [7, 11) is 0. The van der Waals surface area contributed by atoms with E-state index in [4.69, 9.17) is 9.84 Å². The molecule has 0 aromatic heterocycles. The van der Waals surface area contributed by atoms with Crippen LogP contribution in [-0.4, -0.2) is 23.4 Å². The fourth-order valence-corrected chi connectivity index (χ4v) is 2.42. The Morgan fingerprint density at radius 3 is 2.67 bits per heavy atom. The number of aromatic carboxylic acids is 1. The molecule has 0 fully saturated rings. The molecule has 3 nitrogen and oxygen atoms in total. The molecule has 0 aliphatic carbocycles. The van der Waals surface area contributed by atoms with Gasteiger partial charge in [0.1, 0.15) is 22.9 Å². The smallest absolute Gasteiger partial charge is 0.339 e. The third-order valence-corrected chi connectivity index (χ3v) is 3.62. The minimum absolute atomic E-state index is 0.0309. The second-order valence-electron chi connectivity index (χ2n) is 4.07. The monoisotopic (exact) mass is 310 g/mol. The van der Waals surface area contributed by atoms with Gasteiger partial charge in [-0.2, -0.15) is 0 Å². The molecule has 0 unspecified atom stereocenters. The largest absolute Gasteiger partial charge is 0.492 e. The minimum atomic E-state index is -1.19. The second-order valence-corrected chi connectivity index (χ2v) is 5.21. The Hall–Kier alpha value is -2.08. The molecule has 21 heavy (non-hydrogen) atoms. The van der Waals surface area contributed by atoms with E-state index < -0.39 is 11.8 Å². The highest BCUT2D eigenvalue weighted by molar-refractivity contribution is 7.99. The Kier molecular flexibility index (Phi) is 5.16. The summed E-state index contributed by atoms with van der Waals surface area (Å²) in [4.78, 5) is 11.5.